The molecule has 0 heterocycles. The minimum atomic E-state index is -0.162. The highest BCUT2D eigenvalue weighted by Crippen LogP contribution is 2.44. The SMILES string of the molecule is I.NC(=NC1CC1c1ccccc1F)Nc1ccccc1. The fourth-order valence-corrected chi connectivity index (χ4v) is 2.31. The predicted octanol–water partition coefficient (Wildman–Crippen LogP) is 3.73. The molecule has 0 saturated heterocycles. The summed E-state index contributed by atoms with van der Waals surface area (Å²) in [5.74, 6) is 0.358. The molecule has 1 aliphatic rings. The molecular formula is C16H17FIN3. The fourth-order valence-electron chi connectivity index (χ4n) is 2.31. The number of guanidine groups is 1. The van der Waals surface area contributed by atoms with E-state index in [9.17, 15) is 4.39 Å². The van der Waals surface area contributed by atoms with Crippen LogP contribution >= 0.6 is 24.0 Å². The molecule has 3 rings (SSSR count). The van der Waals surface area contributed by atoms with Crippen LogP contribution in [0.15, 0.2) is 59.6 Å². The molecule has 0 aromatic heterocycles. The zero-order valence-corrected chi connectivity index (χ0v) is 13.7. The van der Waals surface area contributed by atoms with Crippen LogP contribution in [0.3, 0.4) is 0 Å². The largest absolute Gasteiger partial charge is 0.370 e. The zero-order chi connectivity index (χ0) is 13.9. The van der Waals surface area contributed by atoms with Crippen molar-refractivity contribution in [1.29, 1.82) is 0 Å². The van der Waals surface area contributed by atoms with Gasteiger partial charge >= 0.3 is 0 Å². The average Bonchev–Trinajstić information content (AvgIpc) is 3.19. The van der Waals surface area contributed by atoms with Crippen molar-refractivity contribution in [3.63, 3.8) is 0 Å². The summed E-state index contributed by atoms with van der Waals surface area (Å²) in [6, 6.07) is 16.6. The maximum atomic E-state index is 13.6. The number of benzene rings is 2. The number of anilines is 1. The minimum absolute atomic E-state index is 0. The molecule has 110 valence electrons. The van der Waals surface area contributed by atoms with Crippen LogP contribution < -0.4 is 11.1 Å². The van der Waals surface area contributed by atoms with Crippen molar-refractivity contribution in [2.75, 3.05) is 5.32 Å². The highest BCUT2D eigenvalue weighted by atomic mass is 127. The molecule has 2 atom stereocenters. The third-order valence-corrected chi connectivity index (χ3v) is 3.41. The lowest BCUT2D eigenvalue weighted by molar-refractivity contribution is 0.609. The Morgan fingerprint density at radius 1 is 1.10 bits per heavy atom. The van der Waals surface area contributed by atoms with E-state index in [1.54, 1.807) is 6.07 Å². The van der Waals surface area contributed by atoms with Gasteiger partial charge in [-0.05, 0) is 30.2 Å². The van der Waals surface area contributed by atoms with Crippen LogP contribution in [0.4, 0.5) is 10.1 Å². The maximum absolute atomic E-state index is 13.6. The Labute approximate surface area is 140 Å². The second-order valence-corrected chi connectivity index (χ2v) is 4.94. The van der Waals surface area contributed by atoms with Crippen molar-refractivity contribution in [3.05, 3.63) is 66.0 Å². The van der Waals surface area contributed by atoms with Gasteiger partial charge in [0.1, 0.15) is 5.82 Å². The van der Waals surface area contributed by atoms with Crippen molar-refractivity contribution in [2.45, 2.75) is 18.4 Å². The summed E-state index contributed by atoms with van der Waals surface area (Å²) in [4.78, 5) is 4.40. The van der Waals surface area contributed by atoms with E-state index in [4.69, 9.17) is 5.73 Å². The van der Waals surface area contributed by atoms with Crippen LogP contribution in [0, 0.1) is 5.82 Å². The van der Waals surface area contributed by atoms with Gasteiger partial charge < -0.3 is 11.1 Å². The molecule has 2 unspecified atom stereocenters. The molecule has 0 bridgehead atoms. The normalized spacial score (nSPS) is 20.5. The average molecular weight is 397 g/mol. The van der Waals surface area contributed by atoms with Gasteiger partial charge in [0.2, 0.25) is 0 Å². The summed E-state index contributed by atoms with van der Waals surface area (Å²) in [5.41, 5.74) is 7.50. The van der Waals surface area contributed by atoms with Crippen molar-refractivity contribution in [3.8, 4) is 0 Å². The van der Waals surface area contributed by atoms with E-state index in [0.29, 0.717) is 5.96 Å². The number of aliphatic imine (C=N–C) groups is 1. The van der Waals surface area contributed by atoms with Crippen molar-refractivity contribution < 1.29 is 4.39 Å². The molecule has 0 radical (unpaired) electrons. The first kappa shape index (κ1) is 15.8. The highest BCUT2D eigenvalue weighted by molar-refractivity contribution is 14.0. The number of para-hydroxylation sites is 1. The number of hydrogen-bond donors (Lipinski definition) is 2. The fraction of sp³-hybridized carbons (Fsp3) is 0.188. The maximum Gasteiger partial charge on any atom is 0.193 e. The lowest BCUT2D eigenvalue weighted by Crippen LogP contribution is -2.23. The Balaban J connectivity index is 0.00000161. The molecule has 21 heavy (non-hydrogen) atoms. The summed E-state index contributed by atoms with van der Waals surface area (Å²) in [6.07, 6.45) is 0.845. The second-order valence-electron chi connectivity index (χ2n) is 4.94. The van der Waals surface area contributed by atoms with Gasteiger partial charge in [0.15, 0.2) is 5.96 Å². The number of rotatable bonds is 3. The van der Waals surface area contributed by atoms with Gasteiger partial charge in [-0.2, -0.15) is 0 Å². The predicted molar refractivity (Wildman–Crippen MR) is 94.6 cm³/mol. The third-order valence-electron chi connectivity index (χ3n) is 3.41. The summed E-state index contributed by atoms with van der Waals surface area (Å²) in [5, 5.41) is 3.03. The quantitative estimate of drug-likeness (QED) is 0.471. The van der Waals surface area contributed by atoms with E-state index in [1.807, 2.05) is 42.5 Å². The first-order valence-electron chi connectivity index (χ1n) is 6.64. The van der Waals surface area contributed by atoms with E-state index >= 15 is 0 Å². The first-order valence-corrected chi connectivity index (χ1v) is 6.64. The van der Waals surface area contributed by atoms with Gasteiger partial charge in [-0.1, -0.05) is 36.4 Å². The van der Waals surface area contributed by atoms with Gasteiger partial charge in [0.25, 0.3) is 0 Å². The Hall–Kier alpha value is -1.63. The summed E-state index contributed by atoms with van der Waals surface area (Å²) < 4.78 is 13.6. The lowest BCUT2D eigenvalue weighted by Gasteiger charge is -2.05. The van der Waals surface area contributed by atoms with Crippen molar-refractivity contribution >= 4 is 35.6 Å². The lowest BCUT2D eigenvalue weighted by atomic mass is 10.1. The second kappa shape index (κ2) is 6.89. The van der Waals surface area contributed by atoms with Gasteiger partial charge in [0.05, 0.1) is 6.04 Å². The summed E-state index contributed by atoms with van der Waals surface area (Å²) in [6.45, 7) is 0. The first-order chi connectivity index (χ1) is 9.74. The molecule has 5 heteroatoms. The number of nitrogens with zero attached hydrogens (tertiary/aromatic N) is 1. The molecule has 1 aliphatic carbocycles. The number of nitrogens with one attached hydrogen (secondary N) is 1. The molecule has 3 nitrogen and oxygen atoms in total. The molecule has 0 aliphatic heterocycles. The molecule has 0 spiro atoms. The van der Waals surface area contributed by atoms with E-state index < -0.39 is 0 Å². The van der Waals surface area contributed by atoms with Crippen LogP contribution in [0.1, 0.15) is 17.9 Å². The van der Waals surface area contributed by atoms with Crippen LogP contribution in [-0.2, 0) is 0 Å². The number of nitrogens with two attached hydrogens (primary N) is 1. The van der Waals surface area contributed by atoms with Gasteiger partial charge in [-0.3, -0.25) is 0 Å². The molecule has 2 aromatic rings. The van der Waals surface area contributed by atoms with E-state index in [-0.39, 0.29) is 41.8 Å². The topological polar surface area (TPSA) is 50.4 Å². The Bertz CT molecular complexity index is 630. The van der Waals surface area contributed by atoms with Crippen LogP contribution in [0.5, 0.6) is 0 Å². The molecule has 3 N–H and O–H groups in total. The van der Waals surface area contributed by atoms with Crippen LogP contribution in [0.2, 0.25) is 0 Å². The number of halogens is 2. The van der Waals surface area contributed by atoms with Crippen LogP contribution in [0.25, 0.3) is 0 Å². The Morgan fingerprint density at radius 2 is 1.76 bits per heavy atom. The Kier molecular flexibility index (Phi) is 5.17. The summed E-state index contributed by atoms with van der Waals surface area (Å²) in [7, 11) is 0. The van der Waals surface area contributed by atoms with Crippen molar-refractivity contribution in [2.24, 2.45) is 10.7 Å². The van der Waals surface area contributed by atoms with Crippen LogP contribution in [-0.4, -0.2) is 12.0 Å². The third kappa shape index (κ3) is 3.93. The highest BCUT2D eigenvalue weighted by Gasteiger charge is 2.40. The van der Waals surface area contributed by atoms with Gasteiger partial charge in [0, 0.05) is 11.6 Å². The molecular weight excluding hydrogens is 380 g/mol. The number of hydrogen-bond acceptors (Lipinski definition) is 1. The minimum Gasteiger partial charge on any atom is -0.370 e. The molecule has 0 amide bonds. The monoisotopic (exact) mass is 397 g/mol. The standard InChI is InChI=1S/C16H16FN3.HI/c17-14-9-5-4-8-12(14)13-10-15(13)20-16(18)19-11-6-2-1-3-7-11;/h1-9,13,15H,10H2,(H3,18,19,20);1H. The molecule has 2 aromatic carbocycles. The van der Waals surface area contributed by atoms with E-state index in [1.165, 1.54) is 6.07 Å². The zero-order valence-electron chi connectivity index (χ0n) is 11.4. The molecule has 1 fully saturated rings. The van der Waals surface area contributed by atoms with Gasteiger partial charge in [-0.25, -0.2) is 9.38 Å². The van der Waals surface area contributed by atoms with Gasteiger partial charge in [-0.15, -0.1) is 24.0 Å². The van der Waals surface area contributed by atoms with E-state index in [2.05, 4.69) is 10.3 Å². The van der Waals surface area contributed by atoms with Crippen molar-refractivity contribution in [1.82, 2.24) is 0 Å². The molecule has 1 saturated carbocycles. The summed E-state index contributed by atoms with van der Waals surface area (Å²) >= 11 is 0. The van der Waals surface area contributed by atoms with E-state index in [0.717, 1.165) is 17.7 Å². The Morgan fingerprint density at radius 3 is 2.48 bits per heavy atom. The smallest absolute Gasteiger partial charge is 0.193 e.